The van der Waals surface area contributed by atoms with Crippen molar-refractivity contribution < 1.29 is 0 Å². The highest BCUT2D eigenvalue weighted by atomic mass is 79.9. The molecule has 19 heavy (non-hydrogen) atoms. The highest BCUT2D eigenvalue weighted by Crippen LogP contribution is 2.14. The van der Waals surface area contributed by atoms with Gasteiger partial charge in [-0.05, 0) is 61.1 Å². The molecule has 0 aliphatic carbocycles. The number of benzene rings is 2. The van der Waals surface area contributed by atoms with Gasteiger partial charge in [0, 0.05) is 10.5 Å². The highest BCUT2D eigenvalue weighted by molar-refractivity contribution is 9.10. The second kappa shape index (κ2) is 6.36. The third-order valence-corrected chi connectivity index (χ3v) is 4.01. The number of halogens is 1. The maximum absolute atomic E-state index is 6.25. The molecule has 0 bridgehead atoms. The fraction of sp³-hybridized carbons (Fsp3) is 0.294. The summed E-state index contributed by atoms with van der Waals surface area (Å²) in [7, 11) is 0. The predicted molar refractivity (Wildman–Crippen MR) is 85.4 cm³/mol. The minimum absolute atomic E-state index is 0.170. The van der Waals surface area contributed by atoms with Crippen molar-refractivity contribution in [1.29, 1.82) is 0 Å². The van der Waals surface area contributed by atoms with Crippen LogP contribution in [0.5, 0.6) is 0 Å². The summed E-state index contributed by atoms with van der Waals surface area (Å²) >= 11 is 3.45. The van der Waals surface area contributed by atoms with Crippen LogP contribution in [0.2, 0.25) is 0 Å². The molecule has 0 aliphatic heterocycles. The lowest BCUT2D eigenvalue weighted by Gasteiger charge is -2.13. The van der Waals surface area contributed by atoms with Gasteiger partial charge in [-0.15, -0.1) is 0 Å². The molecule has 2 aromatic carbocycles. The minimum Gasteiger partial charge on any atom is -0.327 e. The summed E-state index contributed by atoms with van der Waals surface area (Å²) in [6.45, 7) is 4.29. The molecule has 0 amide bonds. The van der Waals surface area contributed by atoms with Crippen molar-refractivity contribution in [3.8, 4) is 0 Å². The van der Waals surface area contributed by atoms with Crippen LogP contribution >= 0.6 is 15.9 Å². The molecule has 1 unspecified atom stereocenters. The summed E-state index contributed by atoms with van der Waals surface area (Å²) < 4.78 is 1.11. The Hall–Kier alpha value is -1.12. The molecule has 1 atom stereocenters. The first-order chi connectivity index (χ1) is 9.04. The van der Waals surface area contributed by atoms with E-state index in [0.29, 0.717) is 0 Å². The van der Waals surface area contributed by atoms with E-state index in [-0.39, 0.29) is 6.04 Å². The molecule has 0 heterocycles. The number of rotatable bonds is 4. The zero-order chi connectivity index (χ0) is 13.8. The van der Waals surface area contributed by atoms with Crippen molar-refractivity contribution in [2.24, 2.45) is 5.73 Å². The molecule has 0 fully saturated rings. The maximum atomic E-state index is 6.25. The van der Waals surface area contributed by atoms with Crippen LogP contribution in [0.15, 0.2) is 46.9 Å². The summed E-state index contributed by atoms with van der Waals surface area (Å²) in [5.74, 6) is 0. The van der Waals surface area contributed by atoms with Crippen LogP contribution in [-0.2, 0) is 12.8 Å². The molecule has 2 heteroatoms. The summed E-state index contributed by atoms with van der Waals surface area (Å²) in [4.78, 5) is 0. The largest absolute Gasteiger partial charge is 0.327 e. The van der Waals surface area contributed by atoms with Gasteiger partial charge >= 0.3 is 0 Å². The Balaban J connectivity index is 1.98. The van der Waals surface area contributed by atoms with E-state index in [2.05, 4.69) is 72.2 Å². The molecule has 100 valence electrons. The Labute approximate surface area is 124 Å². The van der Waals surface area contributed by atoms with Crippen LogP contribution in [0.4, 0.5) is 0 Å². The lowest BCUT2D eigenvalue weighted by Crippen LogP contribution is -2.25. The molecule has 0 aromatic heterocycles. The molecule has 1 nitrogen and oxygen atoms in total. The van der Waals surface area contributed by atoms with E-state index in [9.17, 15) is 0 Å². The first-order valence-corrected chi connectivity index (χ1v) is 7.40. The van der Waals surface area contributed by atoms with Crippen molar-refractivity contribution >= 4 is 15.9 Å². The van der Waals surface area contributed by atoms with Crippen LogP contribution in [-0.4, -0.2) is 6.04 Å². The Morgan fingerprint density at radius 1 is 0.895 bits per heavy atom. The molecule has 0 saturated carbocycles. The lowest BCUT2D eigenvalue weighted by molar-refractivity contribution is 0.664. The van der Waals surface area contributed by atoms with Gasteiger partial charge in [-0.1, -0.05) is 46.3 Å². The van der Waals surface area contributed by atoms with Gasteiger partial charge in [0.1, 0.15) is 0 Å². The van der Waals surface area contributed by atoms with Gasteiger partial charge in [-0.2, -0.15) is 0 Å². The van der Waals surface area contributed by atoms with Gasteiger partial charge in [0.25, 0.3) is 0 Å². The van der Waals surface area contributed by atoms with Gasteiger partial charge < -0.3 is 5.73 Å². The summed E-state index contributed by atoms with van der Waals surface area (Å²) in [5.41, 5.74) is 11.5. The third-order valence-electron chi connectivity index (χ3n) is 3.48. The molecular weight excluding hydrogens is 298 g/mol. The van der Waals surface area contributed by atoms with Crippen molar-refractivity contribution in [2.45, 2.75) is 32.7 Å². The van der Waals surface area contributed by atoms with Crippen LogP contribution in [0, 0.1) is 13.8 Å². The second-order valence-electron chi connectivity index (χ2n) is 5.21. The molecule has 0 radical (unpaired) electrons. The van der Waals surface area contributed by atoms with Gasteiger partial charge in [0.05, 0.1) is 0 Å². The van der Waals surface area contributed by atoms with Crippen molar-refractivity contribution in [3.63, 3.8) is 0 Å². The highest BCUT2D eigenvalue weighted by Gasteiger charge is 2.06. The Morgan fingerprint density at radius 2 is 1.47 bits per heavy atom. The molecule has 0 spiro atoms. The van der Waals surface area contributed by atoms with E-state index in [1.807, 2.05) is 0 Å². The van der Waals surface area contributed by atoms with E-state index < -0.39 is 0 Å². The van der Waals surface area contributed by atoms with Crippen LogP contribution in [0.1, 0.15) is 22.3 Å². The number of nitrogens with two attached hydrogens (primary N) is 1. The maximum Gasteiger partial charge on any atom is 0.0175 e. The van der Waals surface area contributed by atoms with Crippen LogP contribution < -0.4 is 5.73 Å². The molecule has 2 aromatic rings. The number of aryl methyl sites for hydroxylation is 2. The molecule has 2 N–H and O–H groups in total. The Kier molecular flexibility index (Phi) is 4.78. The fourth-order valence-electron chi connectivity index (χ4n) is 2.23. The summed E-state index contributed by atoms with van der Waals surface area (Å²) in [6.07, 6.45) is 1.84. The Bertz CT molecular complexity index is 546. The minimum atomic E-state index is 0.170. The van der Waals surface area contributed by atoms with Gasteiger partial charge in [-0.25, -0.2) is 0 Å². The first kappa shape index (κ1) is 14.3. The quantitative estimate of drug-likeness (QED) is 0.899. The number of hydrogen-bond donors (Lipinski definition) is 1. The van der Waals surface area contributed by atoms with Gasteiger partial charge in [0.2, 0.25) is 0 Å². The van der Waals surface area contributed by atoms with Crippen LogP contribution in [0.25, 0.3) is 0 Å². The predicted octanol–water partition coefficient (Wildman–Crippen LogP) is 4.18. The zero-order valence-corrected chi connectivity index (χ0v) is 13.1. The van der Waals surface area contributed by atoms with Gasteiger partial charge in [0.15, 0.2) is 0 Å². The topological polar surface area (TPSA) is 26.0 Å². The van der Waals surface area contributed by atoms with Crippen molar-refractivity contribution in [3.05, 3.63) is 69.2 Å². The standard InChI is InChI=1S/C17H20BrN/c1-12-3-4-15(9-13(12)2)11-17(19)10-14-5-7-16(18)8-6-14/h3-9,17H,10-11,19H2,1-2H3. The van der Waals surface area contributed by atoms with Crippen molar-refractivity contribution in [2.75, 3.05) is 0 Å². The zero-order valence-electron chi connectivity index (χ0n) is 11.5. The van der Waals surface area contributed by atoms with E-state index in [1.54, 1.807) is 0 Å². The monoisotopic (exact) mass is 317 g/mol. The summed E-state index contributed by atoms with van der Waals surface area (Å²) in [5, 5.41) is 0. The normalized spacial score (nSPS) is 12.4. The average Bonchev–Trinajstić information content (AvgIpc) is 2.37. The average molecular weight is 318 g/mol. The lowest BCUT2D eigenvalue weighted by atomic mass is 9.97. The molecule has 0 saturated heterocycles. The van der Waals surface area contributed by atoms with E-state index in [4.69, 9.17) is 5.73 Å². The molecular formula is C17H20BrN. The van der Waals surface area contributed by atoms with E-state index >= 15 is 0 Å². The first-order valence-electron chi connectivity index (χ1n) is 6.61. The van der Waals surface area contributed by atoms with E-state index in [0.717, 1.165) is 17.3 Å². The SMILES string of the molecule is Cc1ccc(CC(N)Cc2ccc(Br)cc2)cc1C. The molecule has 2 rings (SSSR count). The third kappa shape index (κ3) is 4.19. The van der Waals surface area contributed by atoms with E-state index in [1.165, 1.54) is 22.3 Å². The van der Waals surface area contributed by atoms with Gasteiger partial charge in [-0.3, -0.25) is 0 Å². The fourth-order valence-corrected chi connectivity index (χ4v) is 2.49. The van der Waals surface area contributed by atoms with Crippen molar-refractivity contribution in [1.82, 2.24) is 0 Å². The molecule has 0 aliphatic rings. The Morgan fingerprint density at radius 3 is 2.11 bits per heavy atom. The second-order valence-corrected chi connectivity index (χ2v) is 6.13. The number of hydrogen-bond acceptors (Lipinski definition) is 1. The van der Waals surface area contributed by atoms with Crippen LogP contribution in [0.3, 0.4) is 0 Å². The smallest absolute Gasteiger partial charge is 0.0175 e. The summed E-state index contributed by atoms with van der Waals surface area (Å²) in [6, 6.07) is 15.2.